The zero-order chi connectivity index (χ0) is 9.97. The second kappa shape index (κ2) is 4.13. The van der Waals surface area contributed by atoms with Gasteiger partial charge in [0.2, 0.25) is 5.95 Å². The molecule has 76 valence electrons. The van der Waals surface area contributed by atoms with E-state index in [-0.39, 0.29) is 0 Å². The second-order valence-electron chi connectivity index (χ2n) is 3.46. The highest BCUT2D eigenvalue weighted by atomic mass is 79.9. The van der Waals surface area contributed by atoms with Gasteiger partial charge in [-0.05, 0) is 34.7 Å². The van der Waals surface area contributed by atoms with E-state index in [2.05, 4.69) is 36.5 Å². The minimum Gasteiger partial charge on any atom is -0.369 e. The fourth-order valence-electron chi connectivity index (χ4n) is 1.17. The van der Waals surface area contributed by atoms with Crippen LogP contribution in [0.25, 0.3) is 0 Å². The van der Waals surface area contributed by atoms with Crippen molar-refractivity contribution >= 4 is 27.7 Å². The summed E-state index contributed by atoms with van der Waals surface area (Å²) in [5.41, 5.74) is 0. The molecule has 4 nitrogen and oxygen atoms in total. The monoisotopic (exact) mass is 256 g/mol. The Morgan fingerprint density at radius 2 is 2.36 bits per heavy atom. The van der Waals surface area contributed by atoms with Crippen molar-refractivity contribution in [3.63, 3.8) is 0 Å². The summed E-state index contributed by atoms with van der Waals surface area (Å²) < 4.78 is 0.914. The van der Waals surface area contributed by atoms with Crippen molar-refractivity contribution in [1.29, 1.82) is 0 Å². The van der Waals surface area contributed by atoms with Crippen LogP contribution in [0, 0.1) is 5.92 Å². The molecular formula is C9H13BrN4. The van der Waals surface area contributed by atoms with Gasteiger partial charge in [0, 0.05) is 19.8 Å². The van der Waals surface area contributed by atoms with Gasteiger partial charge >= 0.3 is 0 Å². The van der Waals surface area contributed by atoms with Gasteiger partial charge < -0.3 is 10.6 Å². The summed E-state index contributed by atoms with van der Waals surface area (Å²) >= 11 is 3.41. The first-order valence-electron chi connectivity index (χ1n) is 4.73. The van der Waals surface area contributed by atoms with Gasteiger partial charge in [-0.1, -0.05) is 0 Å². The third kappa shape index (κ3) is 2.35. The molecule has 1 aliphatic carbocycles. The maximum atomic E-state index is 4.31. The van der Waals surface area contributed by atoms with Crippen LogP contribution in [0.2, 0.25) is 0 Å². The Morgan fingerprint density at radius 1 is 1.57 bits per heavy atom. The first-order valence-corrected chi connectivity index (χ1v) is 5.53. The van der Waals surface area contributed by atoms with Gasteiger partial charge in [0.05, 0.1) is 4.47 Å². The van der Waals surface area contributed by atoms with Crippen LogP contribution in [-0.4, -0.2) is 23.6 Å². The summed E-state index contributed by atoms with van der Waals surface area (Å²) in [6.45, 7) is 1.01. The molecule has 0 aromatic carbocycles. The van der Waals surface area contributed by atoms with Gasteiger partial charge in [-0.25, -0.2) is 4.98 Å². The first kappa shape index (κ1) is 9.71. The molecule has 1 aliphatic rings. The second-order valence-corrected chi connectivity index (χ2v) is 4.32. The van der Waals surface area contributed by atoms with E-state index >= 15 is 0 Å². The zero-order valence-electron chi connectivity index (χ0n) is 8.05. The summed E-state index contributed by atoms with van der Waals surface area (Å²) in [7, 11) is 1.81. The maximum absolute atomic E-state index is 4.31. The van der Waals surface area contributed by atoms with Crippen molar-refractivity contribution in [2.45, 2.75) is 12.8 Å². The molecule has 14 heavy (non-hydrogen) atoms. The largest absolute Gasteiger partial charge is 0.369 e. The van der Waals surface area contributed by atoms with Crippen LogP contribution in [0.5, 0.6) is 0 Å². The van der Waals surface area contributed by atoms with Crippen LogP contribution in [0.15, 0.2) is 10.7 Å². The smallest absolute Gasteiger partial charge is 0.224 e. The van der Waals surface area contributed by atoms with Crippen LogP contribution in [0.1, 0.15) is 12.8 Å². The predicted molar refractivity (Wildman–Crippen MR) is 60.5 cm³/mol. The minimum absolute atomic E-state index is 0.645. The summed E-state index contributed by atoms with van der Waals surface area (Å²) in [5.74, 6) is 2.36. The zero-order valence-corrected chi connectivity index (χ0v) is 9.63. The van der Waals surface area contributed by atoms with Crippen molar-refractivity contribution in [2.75, 3.05) is 24.2 Å². The fraction of sp³-hybridized carbons (Fsp3) is 0.556. The number of anilines is 2. The molecule has 0 saturated heterocycles. The lowest BCUT2D eigenvalue weighted by molar-refractivity contribution is 0.880. The number of hydrogen-bond donors (Lipinski definition) is 2. The van der Waals surface area contributed by atoms with Gasteiger partial charge in [0.15, 0.2) is 0 Å². The maximum Gasteiger partial charge on any atom is 0.224 e. The molecule has 1 heterocycles. The first-order chi connectivity index (χ1) is 6.79. The van der Waals surface area contributed by atoms with Crippen molar-refractivity contribution in [3.05, 3.63) is 10.7 Å². The molecule has 0 bridgehead atoms. The predicted octanol–water partition coefficient (Wildman–Crippen LogP) is 2.10. The molecule has 0 spiro atoms. The Labute approximate surface area is 91.7 Å². The highest BCUT2D eigenvalue weighted by molar-refractivity contribution is 9.10. The van der Waals surface area contributed by atoms with E-state index in [1.165, 1.54) is 12.8 Å². The molecule has 1 aromatic heterocycles. The molecule has 5 heteroatoms. The highest BCUT2D eigenvalue weighted by Gasteiger charge is 2.21. The van der Waals surface area contributed by atoms with Gasteiger partial charge in [-0.2, -0.15) is 4.98 Å². The van der Waals surface area contributed by atoms with E-state index in [0.29, 0.717) is 5.95 Å². The molecule has 0 unspecified atom stereocenters. The summed E-state index contributed by atoms with van der Waals surface area (Å²) in [6, 6.07) is 0. The molecular weight excluding hydrogens is 244 g/mol. The molecule has 1 fully saturated rings. The van der Waals surface area contributed by atoms with E-state index < -0.39 is 0 Å². The Bertz CT molecular complexity index is 325. The molecule has 0 radical (unpaired) electrons. The minimum atomic E-state index is 0.645. The standard InChI is InChI=1S/C9H13BrN4/c1-11-9-13-5-7(10)8(14-9)12-4-6-2-3-6/h5-6H,2-4H2,1H3,(H2,11,12,13,14). The number of hydrogen-bond acceptors (Lipinski definition) is 4. The third-order valence-corrected chi connectivity index (χ3v) is 2.80. The summed E-state index contributed by atoms with van der Waals surface area (Å²) in [5, 5.41) is 6.23. The topological polar surface area (TPSA) is 49.8 Å². The Balaban J connectivity index is 2.04. The van der Waals surface area contributed by atoms with E-state index in [1.807, 2.05) is 7.05 Å². The normalized spacial score (nSPS) is 15.3. The molecule has 2 rings (SSSR count). The van der Waals surface area contributed by atoms with Crippen LogP contribution in [0.3, 0.4) is 0 Å². The van der Waals surface area contributed by atoms with Gasteiger partial charge in [0.25, 0.3) is 0 Å². The van der Waals surface area contributed by atoms with Crippen LogP contribution >= 0.6 is 15.9 Å². The molecule has 1 saturated carbocycles. The fourth-order valence-corrected chi connectivity index (χ4v) is 1.51. The third-order valence-electron chi connectivity index (χ3n) is 2.22. The quantitative estimate of drug-likeness (QED) is 0.867. The summed E-state index contributed by atoms with van der Waals surface area (Å²) in [6.07, 6.45) is 4.44. The summed E-state index contributed by atoms with van der Waals surface area (Å²) in [4.78, 5) is 8.40. The lowest BCUT2D eigenvalue weighted by Crippen LogP contribution is -2.07. The molecule has 1 aromatic rings. The van der Waals surface area contributed by atoms with Crippen molar-refractivity contribution in [1.82, 2.24) is 9.97 Å². The van der Waals surface area contributed by atoms with E-state index in [0.717, 1.165) is 22.8 Å². The number of rotatable bonds is 4. The molecule has 0 atom stereocenters. The lowest BCUT2D eigenvalue weighted by Gasteiger charge is -2.07. The van der Waals surface area contributed by atoms with E-state index in [1.54, 1.807) is 6.20 Å². The Morgan fingerprint density at radius 3 is 3.00 bits per heavy atom. The Kier molecular flexibility index (Phi) is 2.86. The molecule has 0 aliphatic heterocycles. The van der Waals surface area contributed by atoms with Gasteiger partial charge in [0.1, 0.15) is 5.82 Å². The molecule has 0 amide bonds. The number of nitrogens with zero attached hydrogens (tertiary/aromatic N) is 2. The van der Waals surface area contributed by atoms with E-state index in [4.69, 9.17) is 0 Å². The number of aromatic nitrogens is 2. The van der Waals surface area contributed by atoms with Crippen LogP contribution < -0.4 is 10.6 Å². The van der Waals surface area contributed by atoms with Gasteiger partial charge in [-0.3, -0.25) is 0 Å². The Hall–Kier alpha value is -0.840. The average Bonchev–Trinajstić information content (AvgIpc) is 3.00. The molecule has 2 N–H and O–H groups in total. The average molecular weight is 257 g/mol. The van der Waals surface area contributed by atoms with E-state index in [9.17, 15) is 0 Å². The SMILES string of the molecule is CNc1ncc(Br)c(NCC2CC2)n1. The lowest BCUT2D eigenvalue weighted by atomic mass is 10.4. The van der Waals surface area contributed by atoms with Crippen molar-refractivity contribution in [2.24, 2.45) is 5.92 Å². The number of nitrogens with one attached hydrogen (secondary N) is 2. The highest BCUT2D eigenvalue weighted by Crippen LogP contribution is 2.29. The van der Waals surface area contributed by atoms with Crippen molar-refractivity contribution < 1.29 is 0 Å². The van der Waals surface area contributed by atoms with Crippen LogP contribution in [0.4, 0.5) is 11.8 Å². The van der Waals surface area contributed by atoms with Crippen molar-refractivity contribution in [3.8, 4) is 0 Å². The van der Waals surface area contributed by atoms with Crippen LogP contribution in [-0.2, 0) is 0 Å². The van der Waals surface area contributed by atoms with Gasteiger partial charge in [-0.15, -0.1) is 0 Å². The number of halogens is 1.